The second-order valence-corrected chi connectivity index (χ2v) is 14.8. The Bertz CT molecular complexity index is 2350. The molecule has 0 saturated carbocycles. The van der Waals surface area contributed by atoms with Crippen LogP contribution < -0.4 is 10.4 Å². The van der Waals surface area contributed by atoms with E-state index in [1.807, 2.05) is 26.0 Å². The molecule has 3 heterocycles. The molecule has 5 rings (SSSR count). The van der Waals surface area contributed by atoms with Crippen molar-refractivity contribution < 1.29 is 86.3 Å². The molecule has 6 unspecified atom stereocenters. The summed E-state index contributed by atoms with van der Waals surface area (Å²) in [4.78, 5) is 111. The molecule has 2 aromatic carbocycles. The van der Waals surface area contributed by atoms with Crippen LogP contribution in [-0.4, -0.2) is 130 Å². The molecule has 0 radical (unpaired) electrons. The van der Waals surface area contributed by atoms with Gasteiger partial charge in [-0.15, -0.1) is 0 Å². The molecular weight excluding hydrogens is 892 g/mol. The van der Waals surface area contributed by atoms with Gasteiger partial charge < -0.3 is 42.7 Å². The van der Waals surface area contributed by atoms with Gasteiger partial charge in [-0.25, -0.2) is 9.59 Å². The Kier molecular flexibility index (Phi) is 18.0. The van der Waals surface area contributed by atoms with Crippen LogP contribution in [0.5, 0.6) is 5.75 Å². The first-order chi connectivity index (χ1) is 31.1. The van der Waals surface area contributed by atoms with Crippen molar-refractivity contribution in [3.05, 3.63) is 117 Å². The molecule has 0 bridgehead atoms. The summed E-state index contributed by atoms with van der Waals surface area (Å²) in [6.07, 6.45) is -12.9. The van der Waals surface area contributed by atoms with Crippen LogP contribution in [0, 0.1) is 40.5 Å². The number of hydrogen-bond acceptors (Lipinski definition) is 23. The Morgan fingerprint density at radius 3 is 1.77 bits per heavy atom. The minimum Gasteiger partial charge on any atom is -0.485 e. The first-order valence-corrected chi connectivity index (χ1v) is 19.7. The summed E-state index contributed by atoms with van der Waals surface area (Å²) < 4.78 is 42.0. The second-order valence-electron chi connectivity index (χ2n) is 14.8. The third-order valence-electron chi connectivity index (χ3n) is 9.43. The quantitative estimate of drug-likeness (QED) is 0.0549. The lowest BCUT2D eigenvalue weighted by atomic mass is 9.96. The number of esters is 5. The number of carbonyl (C=O) groups is 5. The average Bonchev–Trinajstić information content (AvgIpc) is 3.68. The molecule has 0 aliphatic carbocycles. The first kappa shape index (κ1) is 51.0. The minimum absolute atomic E-state index is 0.325. The summed E-state index contributed by atoms with van der Waals surface area (Å²) >= 11 is 0. The number of ether oxygens (including phenoxy) is 7. The number of fused-ring (bicyclic) bond motifs is 2. The molecule has 27 nitrogen and oxygen atoms in total. The maximum absolute atomic E-state index is 12.4. The Morgan fingerprint density at radius 1 is 0.712 bits per heavy atom. The van der Waals surface area contributed by atoms with E-state index in [4.69, 9.17) is 37.6 Å². The molecule has 0 spiro atoms. The first-order valence-electron chi connectivity index (χ1n) is 19.7. The van der Waals surface area contributed by atoms with Crippen LogP contribution in [0.1, 0.15) is 55.5 Å². The SMILES string of the molecule is CC(C)(OC(=O)c1ccccc1)C1Cc2cc3ccc(=O)oc3cc2O1.O=C(CC[N+](=O)[O-])OCC1OC(O)C(OC(=O)CC[N+](=O)[O-])C(OC(=O)CC[N+](=O)[O-])C1OC(=O)CC[N+](=O)[O-]. The molecule has 1 saturated heterocycles. The zero-order valence-corrected chi connectivity index (χ0v) is 34.9. The number of carbonyl (C=O) groups excluding carboxylic acids is 5. The van der Waals surface area contributed by atoms with E-state index in [9.17, 15) is 74.3 Å². The topological polar surface area (TPSA) is 373 Å². The second kappa shape index (κ2) is 23.3. The van der Waals surface area contributed by atoms with E-state index in [-0.39, 0.29) is 12.1 Å². The number of nitro groups is 4. The van der Waals surface area contributed by atoms with E-state index in [1.54, 1.807) is 36.4 Å². The van der Waals surface area contributed by atoms with Crippen molar-refractivity contribution in [1.82, 2.24) is 0 Å². The van der Waals surface area contributed by atoms with Crippen molar-refractivity contribution in [2.45, 2.75) is 88.4 Å². The summed E-state index contributed by atoms with van der Waals surface area (Å²) in [5, 5.41) is 53.5. The number of aliphatic hydroxyl groups excluding tert-OH is 1. The van der Waals surface area contributed by atoms with Crippen LogP contribution in [0.3, 0.4) is 0 Å². The highest BCUT2D eigenvalue weighted by atomic mass is 16.7. The van der Waals surface area contributed by atoms with Gasteiger partial charge in [0, 0.05) is 43.6 Å². The number of benzene rings is 2. The van der Waals surface area contributed by atoms with Gasteiger partial charge in [-0.3, -0.25) is 59.6 Å². The van der Waals surface area contributed by atoms with Gasteiger partial charge >= 0.3 is 35.5 Å². The Labute approximate surface area is 370 Å². The van der Waals surface area contributed by atoms with Gasteiger partial charge in [0.1, 0.15) is 61.4 Å². The lowest BCUT2D eigenvalue weighted by Crippen LogP contribution is -2.62. The van der Waals surface area contributed by atoms with Gasteiger partial charge in [-0.05, 0) is 43.7 Å². The molecule has 66 heavy (non-hydrogen) atoms. The lowest BCUT2D eigenvalue weighted by Gasteiger charge is -2.42. The minimum atomic E-state index is -2.22. The predicted octanol–water partition coefficient (Wildman–Crippen LogP) is 1.38. The molecule has 6 atom stereocenters. The van der Waals surface area contributed by atoms with Crippen molar-refractivity contribution in [3.8, 4) is 5.75 Å². The number of aliphatic hydroxyl groups is 1. The molecule has 3 aromatic rings. The zero-order chi connectivity index (χ0) is 48.7. The maximum Gasteiger partial charge on any atom is 0.338 e. The lowest BCUT2D eigenvalue weighted by molar-refractivity contribution is -0.479. The fourth-order valence-electron chi connectivity index (χ4n) is 6.17. The van der Waals surface area contributed by atoms with Crippen molar-refractivity contribution in [1.29, 1.82) is 0 Å². The highest BCUT2D eigenvalue weighted by molar-refractivity contribution is 5.89. The number of rotatable bonds is 20. The molecule has 2 aliphatic heterocycles. The van der Waals surface area contributed by atoms with Crippen LogP contribution >= 0.6 is 0 Å². The van der Waals surface area contributed by atoms with Crippen LogP contribution in [-0.2, 0) is 54.0 Å². The van der Waals surface area contributed by atoms with Gasteiger partial charge in [-0.1, -0.05) is 18.2 Å². The van der Waals surface area contributed by atoms with E-state index < -0.39 is 144 Å². The smallest absolute Gasteiger partial charge is 0.338 e. The molecule has 0 amide bonds. The Morgan fingerprint density at radius 2 is 1.23 bits per heavy atom. The van der Waals surface area contributed by atoms with Crippen molar-refractivity contribution in [2.75, 3.05) is 32.8 Å². The maximum atomic E-state index is 12.4. The zero-order valence-electron chi connectivity index (χ0n) is 34.9. The molecule has 1 fully saturated rings. The van der Waals surface area contributed by atoms with Gasteiger partial charge in [-0.2, -0.15) is 0 Å². The van der Waals surface area contributed by atoms with E-state index in [1.165, 1.54) is 6.07 Å². The van der Waals surface area contributed by atoms with Crippen LogP contribution in [0.4, 0.5) is 0 Å². The number of hydrogen-bond donors (Lipinski definition) is 1. The van der Waals surface area contributed by atoms with Crippen molar-refractivity contribution in [3.63, 3.8) is 0 Å². The average molecular weight is 935 g/mol. The predicted molar refractivity (Wildman–Crippen MR) is 214 cm³/mol. The van der Waals surface area contributed by atoms with Crippen LogP contribution in [0.15, 0.2) is 63.8 Å². The monoisotopic (exact) mass is 934 g/mol. The van der Waals surface area contributed by atoms with E-state index in [0.29, 0.717) is 23.3 Å². The third-order valence-corrected chi connectivity index (χ3v) is 9.43. The highest BCUT2D eigenvalue weighted by Crippen LogP contribution is 2.37. The normalized spacial score (nSPS) is 19.6. The van der Waals surface area contributed by atoms with Crippen LogP contribution in [0.2, 0.25) is 0 Å². The van der Waals surface area contributed by atoms with Crippen molar-refractivity contribution >= 4 is 40.8 Å². The largest absolute Gasteiger partial charge is 0.485 e. The molecule has 356 valence electrons. The molecule has 27 heteroatoms. The van der Waals surface area contributed by atoms with Gasteiger partial charge in [0.25, 0.3) is 0 Å². The van der Waals surface area contributed by atoms with Crippen LogP contribution in [0.25, 0.3) is 11.0 Å². The molecule has 1 N–H and O–H groups in total. The summed E-state index contributed by atoms with van der Waals surface area (Å²) in [5.41, 5.74) is 0.766. The van der Waals surface area contributed by atoms with Gasteiger partial charge in [0.2, 0.25) is 26.2 Å². The fraction of sp³-hybridized carbons (Fsp3) is 0.487. The van der Waals surface area contributed by atoms with Gasteiger partial charge in [0.05, 0.1) is 5.56 Å². The molecule has 1 aromatic heterocycles. The Hall–Kier alpha value is -7.68. The third kappa shape index (κ3) is 15.5. The summed E-state index contributed by atoms with van der Waals surface area (Å²) in [6, 6.07) is 15.7. The van der Waals surface area contributed by atoms with Crippen molar-refractivity contribution in [2.24, 2.45) is 0 Å². The van der Waals surface area contributed by atoms with E-state index >= 15 is 0 Å². The summed E-state index contributed by atoms with van der Waals surface area (Å²) in [6.45, 7) is -0.784. The van der Waals surface area contributed by atoms with E-state index in [2.05, 4.69) is 0 Å². The van der Waals surface area contributed by atoms with E-state index in [0.717, 1.165) is 10.9 Å². The fourth-order valence-corrected chi connectivity index (χ4v) is 6.17. The van der Waals surface area contributed by atoms with Gasteiger partial charge in [0.15, 0.2) is 24.6 Å². The number of nitrogens with zero attached hydrogens (tertiary/aromatic N) is 4. The summed E-state index contributed by atoms with van der Waals surface area (Å²) in [5.74, 6) is -4.79. The summed E-state index contributed by atoms with van der Waals surface area (Å²) in [7, 11) is 0. The highest BCUT2D eigenvalue weighted by Gasteiger charge is 2.52. The molecular formula is C39H42N4O23. The standard InChI is InChI=1S/C21H18O5.C18H24N4O18/c1-21(2,26-20(23)13-6-4-3-5-7-13)18-11-15-10-14-8-9-19(22)25-16(14)12-17(15)24-18;23-11(1-5-19(28)29)36-9-10-15(38-12(24)2-6-20(30)31)16(39-13(25)3-7-21(32)33)17(18(27)37-10)40-14(26)4-8-22(34)35/h3-10,12,18H,11H2,1-2H3;10,15-18,27H,1-9H2. The Balaban J connectivity index is 0.000000312. The molecule has 2 aliphatic rings.